The molecular weight excluding hydrogens is 593 g/mol. The number of ether oxygens (including phenoxy) is 2. The number of terminal acetylenes is 1. The van der Waals surface area contributed by atoms with Crippen molar-refractivity contribution in [1.29, 1.82) is 0 Å². The molecule has 2 aromatic heterocycles. The van der Waals surface area contributed by atoms with Crippen molar-refractivity contribution in [3.05, 3.63) is 47.2 Å². The Bertz CT molecular complexity index is 1930. The number of nitrogen functional groups attached to an aromatic ring is 1. The van der Waals surface area contributed by atoms with Gasteiger partial charge in [0, 0.05) is 48.7 Å². The Morgan fingerprint density at radius 1 is 1.15 bits per heavy atom. The topological polar surface area (TPSA) is 89.6 Å². The van der Waals surface area contributed by atoms with Crippen LogP contribution in [-0.2, 0) is 4.74 Å². The molecule has 0 spiro atoms. The van der Waals surface area contributed by atoms with Crippen LogP contribution < -0.4 is 15.4 Å². The number of pyridine rings is 1. The van der Waals surface area contributed by atoms with Gasteiger partial charge in [0.25, 0.3) is 0 Å². The Morgan fingerprint density at radius 3 is 2.87 bits per heavy atom. The fourth-order valence-corrected chi connectivity index (χ4v) is 8.23. The zero-order chi connectivity index (χ0) is 31.7. The lowest BCUT2D eigenvalue weighted by atomic mass is 9.93. The summed E-state index contributed by atoms with van der Waals surface area (Å²) in [6.45, 7) is 5.25. The van der Waals surface area contributed by atoms with Crippen molar-refractivity contribution in [3.63, 3.8) is 0 Å². The molecule has 11 heteroatoms. The molecule has 238 valence electrons. The molecule has 4 atom stereocenters. The van der Waals surface area contributed by atoms with E-state index in [9.17, 15) is 4.39 Å². The van der Waals surface area contributed by atoms with Crippen LogP contribution in [0, 0.1) is 24.0 Å². The van der Waals surface area contributed by atoms with Gasteiger partial charge in [-0.25, -0.2) is 18.2 Å². The maximum atomic E-state index is 17.1. The van der Waals surface area contributed by atoms with E-state index in [-0.39, 0.29) is 46.9 Å². The third kappa shape index (κ3) is 4.56. The van der Waals surface area contributed by atoms with Crippen molar-refractivity contribution >= 4 is 33.2 Å². The molecule has 2 aromatic carbocycles. The van der Waals surface area contributed by atoms with Gasteiger partial charge < -0.3 is 20.1 Å². The highest BCUT2D eigenvalue weighted by molar-refractivity contribution is 6.04. The lowest BCUT2D eigenvalue weighted by molar-refractivity contribution is 0.107. The smallest absolute Gasteiger partial charge is 0.319 e. The molecule has 4 aromatic rings. The fraction of sp³-hybridized carbons (Fsp3) is 0.457. The first-order valence-corrected chi connectivity index (χ1v) is 16.0. The Labute approximate surface area is 265 Å². The third-order valence-electron chi connectivity index (χ3n) is 10.3. The summed E-state index contributed by atoms with van der Waals surface area (Å²) in [7, 11) is 0. The van der Waals surface area contributed by atoms with Crippen molar-refractivity contribution < 1.29 is 22.6 Å². The summed E-state index contributed by atoms with van der Waals surface area (Å²) in [5, 5.41) is 1.45. The number of nitrogens with zero attached hydrogens (tertiary/aromatic N) is 5. The van der Waals surface area contributed by atoms with Gasteiger partial charge in [0.2, 0.25) is 0 Å². The van der Waals surface area contributed by atoms with Crippen LogP contribution in [-0.4, -0.2) is 77.1 Å². The van der Waals surface area contributed by atoms with Crippen LogP contribution in [0.4, 0.5) is 24.7 Å². The van der Waals surface area contributed by atoms with Crippen LogP contribution >= 0.6 is 0 Å². The maximum Gasteiger partial charge on any atom is 0.319 e. The van der Waals surface area contributed by atoms with E-state index in [1.807, 2.05) is 0 Å². The van der Waals surface area contributed by atoms with Crippen LogP contribution in [0.3, 0.4) is 0 Å². The molecular formula is C35H35F3N6O2. The normalized spacial score (nSPS) is 26.1. The first kappa shape index (κ1) is 29.3. The number of rotatable bonds is 4. The minimum absolute atomic E-state index is 0.00810. The number of alkyl halides is 1. The van der Waals surface area contributed by atoms with Crippen LogP contribution in [0.25, 0.3) is 32.9 Å². The largest absolute Gasteiger partial charge is 0.461 e. The standard InChI is InChI=1S/C35H35F3N6O2/c1-3-24-26(37)7-6-20-13-22(39)14-25(27(20)24)31-29(38)32-28-30(40-31)19(2)12-23-17-45-11-5-10-44(23)33(28)42-34(41-32)46-18-35-8-4-9-43(35)16-21(36)15-35/h1,6-7,13-14,19,21,23H,4-5,8-12,15-18,39H2,2H3/t19-,21-,23+,35+/m1/s1. The zero-order valence-corrected chi connectivity index (χ0v) is 25.7. The highest BCUT2D eigenvalue weighted by atomic mass is 19.1. The molecule has 3 fully saturated rings. The van der Waals surface area contributed by atoms with E-state index in [2.05, 4.69) is 22.6 Å². The number of anilines is 2. The van der Waals surface area contributed by atoms with E-state index in [4.69, 9.17) is 36.6 Å². The van der Waals surface area contributed by atoms with Crippen molar-refractivity contribution in [3.8, 4) is 29.6 Å². The lowest BCUT2D eigenvalue weighted by Crippen LogP contribution is -2.43. The van der Waals surface area contributed by atoms with Gasteiger partial charge in [0.15, 0.2) is 5.82 Å². The van der Waals surface area contributed by atoms with Gasteiger partial charge in [-0.2, -0.15) is 9.97 Å². The van der Waals surface area contributed by atoms with Crippen LogP contribution in [0.1, 0.15) is 56.2 Å². The Hall–Kier alpha value is -4.14. The van der Waals surface area contributed by atoms with Gasteiger partial charge in [-0.15, -0.1) is 6.42 Å². The van der Waals surface area contributed by atoms with E-state index in [0.717, 1.165) is 25.8 Å². The number of halogens is 3. The summed E-state index contributed by atoms with van der Waals surface area (Å²) in [5.41, 5.74) is 7.19. The Kier molecular flexibility index (Phi) is 6.99. The number of nitrogens with two attached hydrogens (primary N) is 1. The van der Waals surface area contributed by atoms with Gasteiger partial charge in [0.1, 0.15) is 35.6 Å². The second-order valence-electron chi connectivity index (χ2n) is 13.2. The van der Waals surface area contributed by atoms with Gasteiger partial charge >= 0.3 is 6.01 Å². The number of benzene rings is 2. The van der Waals surface area contributed by atoms with Crippen LogP contribution in [0.15, 0.2) is 24.3 Å². The Balaban J connectivity index is 1.35. The maximum absolute atomic E-state index is 17.1. The molecule has 8 rings (SSSR count). The average molecular weight is 629 g/mol. The average Bonchev–Trinajstić information content (AvgIpc) is 3.42. The highest BCUT2D eigenvalue weighted by Gasteiger charge is 2.49. The summed E-state index contributed by atoms with van der Waals surface area (Å²) in [6.07, 6.45) is 8.51. The predicted molar refractivity (Wildman–Crippen MR) is 171 cm³/mol. The van der Waals surface area contributed by atoms with Gasteiger partial charge in [0.05, 0.1) is 34.8 Å². The molecule has 2 N–H and O–H groups in total. The molecule has 0 radical (unpaired) electrons. The molecule has 46 heavy (non-hydrogen) atoms. The van der Waals surface area contributed by atoms with Crippen molar-refractivity contribution in [2.45, 2.75) is 62.7 Å². The SMILES string of the molecule is C#Cc1c(F)ccc2cc(N)cc(-c3nc4c5c(nc(OC[C@@]67CCCN6C[C@H](F)C7)nc5c3F)N3CCCOC[C@@H]3C[C@H]4C)c12. The molecule has 0 bridgehead atoms. The van der Waals surface area contributed by atoms with E-state index in [1.165, 1.54) is 6.07 Å². The number of fused-ring (bicyclic) bond motifs is 4. The molecule has 0 saturated carbocycles. The van der Waals surface area contributed by atoms with E-state index >= 15 is 8.78 Å². The summed E-state index contributed by atoms with van der Waals surface area (Å²) < 4.78 is 58.9. The minimum atomic E-state index is -0.912. The quantitative estimate of drug-likeness (QED) is 0.226. The summed E-state index contributed by atoms with van der Waals surface area (Å²) in [4.78, 5) is 18.9. The molecule has 0 aliphatic carbocycles. The van der Waals surface area contributed by atoms with Crippen LogP contribution in [0.5, 0.6) is 6.01 Å². The molecule has 4 aliphatic heterocycles. The summed E-state index contributed by atoms with van der Waals surface area (Å²) in [5.74, 6) is 1.58. The monoisotopic (exact) mass is 628 g/mol. The molecule has 8 nitrogen and oxygen atoms in total. The van der Waals surface area contributed by atoms with Gasteiger partial charge in [-0.05, 0) is 55.8 Å². The number of aromatic nitrogens is 3. The molecule has 6 heterocycles. The van der Waals surface area contributed by atoms with Crippen LogP contribution in [0.2, 0.25) is 0 Å². The second kappa shape index (κ2) is 11.0. The lowest BCUT2D eigenvalue weighted by Gasteiger charge is -2.32. The van der Waals surface area contributed by atoms with Gasteiger partial charge in [-0.3, -0.25) is 4.90 Å². The van der Waals surface area contributed by atoms with E-state index < -0.39 is 23.3 Å². The van der Waals surface area contributed by atoms with Crippen molar-refractivity contribution in [2.24, 2.45) is 0 Å². The Morgan fingerprint density at radius 2 is 2.02 bits per heavy atom. The predicted octanol–water partition coefficient (Wildman–Crippen LogP) is 5.74. The highest BCUT2D eigenvalue weighted by Crippen LogP contribution is 2.45. The van der Waals surface area contributed by atoms with E-state index in [0.29, 0.717) is 72.5 Å². The molecule has 0 amide bonds. The van der Waals surface area contributed by atoms with Crippen molar-refractivity contribution in [1.82, 2.24) is 19.9 Å². The van der Waals surface area contributed by atoms with Crippen molar-refractivity contribution in [2.75, 3.05) is 50.1 Å². The second-order valence-corrected chi connectivity index (χ2v) is 13.2. The van der Waals surface area contributed by atoms with E-state index in [1.54, 1.807) is 18.2 Å². The number of hydrogen-bond acceptors (Lipinski definition) is 8. The zero-order valence-electron chi connectivity index (χ0n) is 25.7. The summed E-state index contributed by atoms with van der Waals surface area (Å²) in [6, 6.07) is 6.12. The first-order chi connectivity index (χ1) is 22.3. The molecule has 3 saturated heterocycles. The van der Waals surface area contributed by atoms with Gasteiger partial charge in [-0.1, -0.05) is 18.9 Å². The fourth-order valence-electron chi connectivity index (χ4n) is 8.23. The number of hydrogen-bond donors (Lipinski definition) is 1. The minimum Gasteiger partial charge on any atom is -0.461 e. The first-order valence-electron chi connectivity index (χ1n) is 16.0. The third-order valence-corrected chi connectivity index (χ3v) is 10.3. The molecule has 4 aliphatic rings. The summed E-state index contributed by atoms with van der Waals surface area (Å²) >= 11 is 0. The molecule has 0 unspecified atom stereocenters.